The van der Waals surface area contributed by atoms with Gasteiger partial charge in [-0.15, -0.1) is 0 Å². The van der Waals surface area contributed by atoms with Crippen LogP contribution in [0.5, 0.6) is 0 Å². The summed E-state index contributed by atoms with van der Waals surface area (Å²) in [5, 5.41) is 12.8. The van der Waals surface area contributed by atoms with Crippen LogP contribution in [0.15, 0.2) is 36.4 Å². The first-order valence-corrected chi connectivity index (χ1v) is 6.48. The lowest BCUT2D eigenvalue weighted by Crippen LogP contribution is -2.02. The maximum atomic E-state index is 8.80. The highest BCUT2D eigenvalue weighted by molar-refractivity contribution is 6.31. The molecule has 2 aromatic carbocycles. The molecule has 3 heteroatoms. The van der Waals surface area contributed by atoms with Crippen LogP contribution >= 0.6 is 11.6 Å². The lowest BCUT2D eigenvalue weighted by atomic mass is 10.1. The van der Waals surface area contributed by atoms with Crippen molar-refractivity contribution in [3.05, 3.63) is 63.7 Å². The number of anilines is 1. The zero-order valence-electron chi connectivity index (χ0n) is 11.0. The predicted molar refractivity (Wildman–Crippen MR) is 79.4 cm³/mol. The Kier molecular flexibility index (Phi) is 4.09. The van der Waals surface area contributed by atoms with Crippen LogP contribution in [0.2, 0.25) is 5.02 Å². The second kappa shape index (κ2) is 5.77. The topological polar surface area (TPSA) is 35.8 Å². The minimum Gasteiger partial charge on any atom is -0.381 e. The Labute approximate surface area is 118 Å². The van der Waals surface area contributed by atoms with Gasteiger partial charge in [0.15, 0.2) is 0 Å². The first-order valence-electron chi connectivity index (χ1n) is 6.10. The van der Waals surface area contributed by atoms with Gasteiger partial charge in [-0.1, -0.05) is 29.8 Å². The van der Waals surface area contributed by atoms with Crippen molar-refractivity contribution in [2.75, 3.05) is 5.32 Å². The maximum Gasteiger partial charge on any atom is 0.0992 e. The van der Waals surface area contributed by atoms with Crippen LogP contribution in [0.1, 0.15) is 22.3 Å². The molecule has 0 atom stereocenters. The monoisotopic (exact) mass is 270 g/mol. The van der Waals surface area contributed by atoms with E-state index in [1.165, 1.54) is 11.1 Å². The number of aryl methyl sites for hydroxylation is 1. The Morgan fingerprint density at radius 2 is 2.00 bits per heavy atom. The minimum absolute atomic E-state index is 0.584. The molecule has 19 heavy (non-hydrogen) atoms. The molecular formula is C16H15ClN2. The molecule has 0 aliphatic rings. The molecule has 1 N–H and O–H groups in total. The van der Waals surface area contributed by atoms with Gasteiger partial charge in [0, 0.05) is 17.3 Å². The van der Waals surface area contributed by atoms with Crippen LogP contribution < -0.4 is 5.32 Å². The molecule has 0 radical (unpaired) electrons. The summed E-state index contributed by atoms with van der Waals surface area (Å²) in [5.74, 6) is 0. The third-order valence-electron chi connectivity index (χ3n) is 3.26. The third kappa shape index (κ3) is 3.07. The van der Waals surface area contributed by atoms with E-state index in [9.17, 15) is 0 Å². The second-order valence-corrected chi connectivity index (χ2v) is 4.93. The van der Waals surface area contributed by atoms with Gasteiger partial charge in [-0.2, -0.15) is 5.26 Å². The van der Waals surface area contributed by atoms with Gasteiger partial charge in [0.25, 0.3) is 0 Å². The number of hydrogen-bond donors (Lipinski definition) is 1. The van der Waals surface area contributed by atoms with Crippen LogP contribution in [0.4, 0.5) is 5.69 Å². The van der Waals surface area contributed by atoms with Crippen molar-refractivity contribution >= 4 is 17.3 Å². The molecule has 0 aromatic heterocycles. The predicted octanol–water partition coefficient (Wildman–Crippen LogP) is 4.44. The summed E-state index contributed by atoms with van der Waals surface area (Å²) in [6.07, 6.45) is 0. The fourth-order valence-electron chi connectivity index (χ4n) is 1.89. The van der Waals surface area contributed by atoms with Crippen molar-refractivity contribution in [3.8, 4) is 6.07 Å². The standard InChI is InChI=1S/C16H15ClN2/c1-11-4-3-5-16(12(11)2)19-10-14-7-6-13(9-18)8-15(14)17/h3-8,19H,10H2,1-2H3. The molecule has 0 bridgehead atoms. The zero-order chi connectivity index (χ0) is 13.8. The highest BCUT2D eigenvalue weighted by atomic mass is 35.5. The van der Waals surface area contributed by atoms with E-state index >= 15 is 0 Å². The van der Waals surface area contributed by atoms with Crippen LogP contribution in [-0.4, -0.2) is 0 Å². The van der Waals surface area contributed by atoms with Gasteiger partial charge in [0.2, 0.25) is 0 Å². The minimum atomic E-state index is 0.584. The number of nitrogens with one attached hydrogen (secondary N) is 1. The summed E-state index contributed by atoms with van der Waals surface area (Å²) in [4.78, 5) is 0. The fraction of sp³-hybridized carbons (Fsp3) is 0.188. The molecule has 2 nitrogen and oxygen atoms in total. The molecule has 0 aliphatic heterocycles. The van der Waals surface area contributed by atoms with E-state index in [1.54, 1.807) is 12.1 Å². The second-order valence-electron chi connectivity index (χ2n) is 4.52. The third-order valence-corrected chi connectivity index (χ3v) is 3.61. The van der Waals surface area contributed by atoms with Crippen LogP contribution in [-0.2, 0) is 6.54 Å². The summed E-state index contributed by atoms with van der Waals surface area (Å²) < 4.78 is 0. The van der Waals surface area contributed by atoms with Crippen LogP contribution in [0, 0.1) is 25.2 Å². The largest absolute Gasteiger partial charge is 0.381 e. The number of rotatable bonds is 3. The molecule has 2 aromatic rings. The zero-order valence-corrected chi connectivity index (χ0v) is 11.8. The number of nitriles is 1. The molecule has 0 aliphatic carbocycles. The van der Waals surface area contributed by atoms with Gasteiger partial charge in [0.1, 0.15) is 0 Å². The molecule has 0 spiro atoms. The van der Waals surface area contributed by atoms with Gasteiger partial charge < -0.3 is 5.32 Å². The SMILES string of the molecule is Cc1cccc(NCc2ccc(C#N)cc2Cl)c1C. The smallest absolute Gasteiger partial charge is 0.0992 e. The van der Waals surface area contributed by atoms with Gasteiger partial charge >= 0.3 is 0 Å². The van der Waals surface area contributed by atoms with Gasteiger partial charge in [-0.25, -0.2) is 0 Å². The Balaban J connectivity index is 2.15. The molecule has 0 saturated carbocycles. The fourth-order valence-corrected chi connectivity index (χ4v) is 2.14. The lowest BCUT2D eigenvalue weighted by molar-refractivity contribution is 1.13. The maximum absolute atomic E-state index is 8.80. The average molecular weight is 271 g/mol. The van der Waals surface area contributed by atoms with E-state index in [4.69, 9.17) is 16.9 Å². The molecule has 96 valence electrons. The van der Waals surface area contributed by atoms with Crippen molar-refractivity contribution < 1.29 is 0 Å². The molecule has 0 amide bonds. The van der Waals surface area contributed by atoms with Gasteiger partial charge in [-0.05, 0) is 48.7 Å². The lowest BCUT2D eigenvalue weighted by Gasteiger charge is -2.12. The Morgan fingerprint density at radius 3 is 2.68 bits per heavy atom. The highest BCUT2D eigenvalue weighted by Gasteiger charge is 2.04. The van der Waals surface area contributed by atoms with Crippen LogP contribution in [0.25, 0.3) is 0 Å². The summed E-state index contributed by atoms with van der Waals surface area (Å²) >= 11 is 6.15. The van der Waals surface area contributed by atoms with Crippen molar-refractivity contribution in [3.63, 3.8) is 0 Å². The number of halogens is 1. The Hall–Kier alpha value is -1.98. The van der Waals surface area contributed by atoms with Crippen molar-refractivity contribution in [2.45, 2.75) is 20.4 Å². The number of nitrogens with zero attached hydrogens (tertiary/aromatic N) is 1. The molecule has 2 rings (SSSR count). The highest BCUT2D eigenvalue weighted by Crippen LogP contribution is 2.22. The first-order chi connectivity index (χ1) is 9.11. The Morgan fingerprint density at radius 1 is 1.21 bits per heavy atom. The van der Waals surface area contributed by atoms with E-state index in [1.807, 2.05) is 12.1 Å². The number of benzene rings is 2. The quantitative estimate of drug-likeness (QED) is 0.895. The molecular weight excluding hydrogens is 256 g/mol. The normalized spacial score (nSPS) is 10.0. The number of hydrogen-bond acceptors (Lipinski definition) is 2. The van der Waals surface area contributed by atoms with E-state index in [-0.39, 0.29) is 0 Å². The van der Waals surface area contributed by atoms with Crippen molar-refractivity contribution in [1.29, 1.82) is 5.26 Å². The van der Waals surface area contributed by atoms with E-state index < -0.39 is 0 Å². The van der Waals surface area contributed by atoms with Crippen LogP contribution in [0.3, 0.4) is 0 Å². The molecule has 0 fully saturated rings. The molecule has 0 unspecified atom stereocenters. The van der Waals surface area contributed by atoms with Crippen molar-refractivity contribution in [1.82, 2.24) is 0 Å². The summed E-state index contributed by atoms with van der Waals surface area (Å²) in [6.45, 7) is 4.84. The van der Waals surface area contributed by atoms with Crippen molar-refractivity contribution in [2.24, 2.45) is 0 Å². The van der Waals surface area contributed by atoms with Gasteiger partial charge in [-0.3, -0.25) is 0 Å². The average Bonchev–Trinajstić information content (AvgIpc) is 2.41. The Bertz CT molecular complexity index is 642. The summed E-state index contributed by atoms with van der Waals surface area (Å²) in [7, 11) is 0. The summed E-state index contributed by atoms with van der Waals surface area (Å²) in [5.41, 5.74) is 5.19. The molecule has 0 heterocycles. The van der Waals surface area contributed by atoms with Gasteiger partial charge in [0.05, 0.1) is 11.6 Å². The summed E-state index contributed by atoms with van der Waals surface area (Å²) in [6, 6.07) is 13.6. The van der Waals surface area contributed by atoms with E-state index in [0.717, 1.165) is 11.3 Å². The first kappa shape index (κ1) is 13.5. The van der Waals surface area contributed by atoms with E-state index in [2.05, 4.69) is 37.4 Å². The molecule has 0 saturated heterocycles. The van der Waals surface area contributed by atoms with E-state index in [0.29, 0.717) is 17.1 Å².